The lowest BCUT2D eigenvalue weighted by atomic mass is 10.3. The Morgan fingerprint density at radius 3 is 3.00 bits per heavy atom. The smallest absolute Gasteiger partial charge is 0.138 e. The van der Waals surface area contributed by atoms with Gasteiger partial charge in [-0.15, -0.1) is 0 Å². The van der Waals surface area contributed by atoms with Gasteiger partial charge in [-0.1, -0.05) is 0 Å². The Kier molecular flexibility index (Phi) is 3.55. The van der Waals surface area contributed by atoms with E-state index in [1.54, 1.807) is 16.4 Å². The Bertz CT molecular complexity index is 238. The maximum absolute atomic E-state index is 9.44. The number of aryl methyl sites for hydroxylation is 1. The quantitative estimate of drug-likeness (QED) is 0.725. The molecule has 0 amide bonds. The van der Waals surface area contributed by atoms with E-state index in [0.717, 1.165) is 11.6 Å². The van der Waals surface area contributed by atoms with E-state index >= 15 is 0 Å². The predicted octanol–water partition coefficient (Wildman–Crippen LogP) is 0.0815. The summed E-state index contributed by atoms with van der Waals surface area (Å²) in [5.74, 6) is 1.57. The van der Waals surface area contributed by atoms with E-state index in [2.05, 4.69) is 10.1 Å². The van der Waals surface area contributed by atoms with Crippen molar-refractivity contribution < 1.29 is 5.11 Å². The van der Waals surface area contributed by atoms with Crippen molar-refractivity contribution in [3.05, 3.63) is 12.2 Å². The van der Waals surface area contributed by atoms with Crippen LogP contribution in [0.1, 0.15) is 5.82 Å². The van der Waals surface area contributed by atoms with Crippen LogP contribution < -0.4 is 0 Å². The van der Waals surface area contributed by atoms with Gasteiger partial charge in [0.15, 0.2) is 0 Å². The maximum atomic E-state index is 9.44. The summed E-state index contributed by atoms with van der Waals surface area (Å²) in [4.78, 5) is 4.02. The number of aliphatic hydroxyl groups is 1. The zero-order valence-electron chi connectivity index (χ0n) is 7.27. The van der Waals surface area contributed by atoms with Crippen molar-refractivity contribution in [3.63, 3.8) is 0 Å². The molecule has 0 saturated carbocycles. The van der Waals surface area contributed by atoms with Crippen molar-refractivity contribution >= 4 is 11.8 Å². The summed E-state index contributed by atoms with van der Waals surface area (Å²) in [5, 5.41) is 13.4. The molecule has 4 nitrogen and oxygen atoms in total. The summed E-state index contributed by atoms with van der Waals surface area (Å²) in [6.45, 7) is 0. The highest BCUT2D eigenvalue weighted by Crippen LogP contribution is 2.03. The van der Waals surface area contributed by atoms with Gasteiger partial charge in [-0.05, 0) is 6.26 Å². The Morgan fingerprint density at radius 2 is 2.50 bits per heavy atom. The van der Waals surface area contributed by atoms with Crippen LogP contribution in [-0.2, 0) is 13.5 Å². The molecule has 0 radical (unpaired) electrons. The molecule has 0 aliphatic rings. The molecule has 68 valence electrons. The van der Waals surface area contributed by atoms with Crippen molar-refractivity contribution in [2.75, 3.05) is 12.0 Å². The number of hydrogen-bond acceptors (Lipinski definition) is 4. The van der Waals surface area contributed by atoms with Crippen LogP contribution in [0, 0.1) is 0 Å². The van der Waals surface area contributed by atoms with Gasteiger partial charge >= 0.3 is 0 Å². The fourth-order valence-corrected chi connectivity index (χ4v) is 1.47. The lowest BCUT2D eigenvalue weighted by molar-refractivity contribution is 0.196. The van der Waals surface area contributed by atoms with Crippen LogP contribution in [-0.4, -0.2) is 38.0 Å². The van der Waals surface area contributed by atoms with Crippen LogP contribution >= 0.6 is 11.8 Å². The highest BCUT2D eigenvalue weighted by atomic mass is 32.2. The fraction of sp³-hybridized carbons (Fsp3) is 0.714. The van der Waals surface area contributed by atoms with E-state index in [4.69, 9.17) is 0 Å². The third-order valence-corrected chi connectivity index (χ3v) is 2.30. The SMILES string of the molecule is CSCC(O)Cc1ncnn1C. The Labute approximate surface area is 76.0 Å². The summed E-state index contributed by atoms with van der Waals surface area (Å²) in [6, 6.07) is 0. The summed E-state index contributed by atoms with van der Waals surface area (Å²) in [6.07, 6.45) is 3.74. The second-order valence-electron chi connectivity index (χ2n) is 2.61. The molecule has 1 unspecified atom stereocenters. The summed E-state index contributed by atoms with van der Waals surface area (Å²) >= 11 is 1.63. The minimum absolute atomic E-state index is 0.317. The van der Waals surface area contributed by atoms with Gasteiger partial charge in [0, 0.05) is 19.2 Å². The molecule has 0 saturated heterocycles. The molecule has 1 atom stereocenters. The second-order valence-corrected chi connectivity index (χ2v) is 3.52. The largest absolute Gasteiger partial charge is 0.392 e. The lowest BCUT2D eigenvalue weighted by Crippen LogP contribution is -2.16. The zero-order valence-corrected chi connectivity index (χ0v) is 8.08. The topological polar surface area (TPSA) is 50.9 Å². The molecule has 0 aliphatic carbocycles. The molecular weight excluding hydrogens is 174 g/mol. The van der Waals surface area contributed by atoms with E-state index in [9.17, 15) is 5.11 Å². The number of aliphatic hydroxyl groups excluding tert-OH is 1. The van der Waals surface area contributed by atoms with E-state index in [-0.39, 0.29) is 6.10 Å². The predicted molar refractivity (Wildman–Crippen MR) is 49.1 cm³/mol. The molecule has 0 spiro atoms. The van der Waals surface area contributed by atoms with Gasteiger partial charge in [-0.25, -0.2) is 4.98 Å². The Hall–Kier alpha value is -0.550. The number of aromatic nitrogens is 3. The minimum Gasteiger partial charge on any atom is -0.392 e. The third kappa shape index (κ3) is 2.49. The number of thioether (sulfide) groups is 1. The first kappa shape index (κ1) is 9.54. The molecule has 0 aromatic carbocycles. The molecular formula is C7H13N3OS. The summed E-state index contributed by atoms with van der Waals surface area (Å²) < 4.78 is 1.68. The normalized spacial score (nSPS) is 13.2. The van der Waals surface area contributed by atoms with E-state index in [1.807, 2.05) is 13.3 Å². The van der Waals surface area contributed by atoms with Crippen LogP contribution in [0.25, 0.3) is 0 Å². The molecule has 1 aromatic heterocycles. The third-order valence-electron chi connectivity index (χ3n) is 1.58. The van der Waals surface area contributed by atoms with Gasteiger partial charge in [-0.3, -0.25) is 4.68 Å². The maximum Gasteiger partial charge on any atom is 0.138 e. The van der Waals surface area contributed by atoms with Gasteiger partial charge in [-0.2, -0.15) is 16.9 Å². The molecule has 1 N–H and O–H groups in total. The highest BCUT2D eigenvalue weighted by molar-refractivity contribution is 7.98. The zero-order chi connectivity index (χ0) is 8.97. The highest BCUT2D eigenvalue weighted by Gasteiger charge is 2.08. The van der Waals surface area contributed by atoms with Crippen LogP contribution in [0.15, 0.2) is 6.33 Å². The van der Waals surface area contributed by atoms with Crippen molar-refractivity contribution in [3.8, 4) is 0 Å². The average Bonchev–Trinajstić information content (AvgIpc) is 2.37. The first-order chi connectivity index (χ1) is 5.74. The summed E-state index contributed by atoms with van der Waals surface area (Å²) in [7, 11) is 1.83. The minimum atomic E-state index is -0.317. The van der Waals surface area contributed by atoms with Crippen molar-refractivity contribution in [2.24, 2.45) is 7.05 Å². The van der Waals surface area contributed by atoms with E-state index in [0.29, 0.717) is 6.42 Å². The molecule has 0 bridgehead atoms. The Morgan fingerprint density at radius 1 is 1.75 bits per heavy atom. The van der Waals surface area contributed by atoms with Crippen LogP contribution in [0.2, 0.25) is 0 Å². The molecule has 5 heteroatoms. The van der Waals surface area contributed by atoms with Crippen LogP contribution in [0.4, 0.5) is 0 Å². The Balaban J connectivity index is 2.46. The lowest BCUT2D eigenvalue weighted by Gasteiger charge is -2.06. The molecule has 1 rings (SSSR count). The van der Waals surface area contributed by atoms with Gasteiger partial charge < -0.3 is 5.11 Å². The van der Waals surface area contributed by atoms with Gasteiger partial charge in [0.2, 0.25) is 0 Å². The molecule has 1 heterocycles. The van der Waals surface area contributed by atoms with Crippen LogP contribution in [0.5, 0.6) is 0 Å². The number of nitrogens with zero attached hydrogens (tertiary/aromatic N) is 3. The first-order valence-electron chi connectivity index (χ1n) is 3.74. The molecule has 0 aliphatic heterocycles. The van der Waals surface area contributed by atoms with E-state index < -0.39 is 0 Å². The van der Waals surface area contributed by atoms with Crippen molar-refractivity contribution in [1.29, 1.82) is 0 Å². The molecule has 0 fully saturated rings. The fourth-order valence-electron chi connectivity index (χ4n) is 0.967. The van der Waals surface area contributed by atoms with Crippen LogP contribution in [0.3, 0.4) is 0 Å². The monoisotopic (exact) mass is 187 g/mol. The van der Waals surface area contributed by atoms with Crippen molar-refractivity contribution in [2.45, 2.75) is 12.5 Å². The van der Waals surface area contributed by atoms with Gasteiger partial charge in [0.05, 0.1) is 6.10 Å². The molecule has 12 heavy (non-hydrogen) atoms. The average molecular weight is 187 g/mol. The molecule has 1 aromatic rings. The van der Waals surface area contributed by atoms with E-state index in [1.165, 1.54) is 6.33 Å². The van der Waals surface area contributed by atoms with Gasteiger partial charge in [0.1, 0.15) is 12.2 Å². The second kappa shape index (κ2) is 4.47. The standard InChI is InChI=1S/C7H13N3OS/c1-10-7(8-5-9-10)3-6(11)4-12-2/h5-6,11H,3-4H2,1-2H3. The van der Waals surface area contributed by atoms with Gasteiger partial charge in [0.25, 0.3) is 0 Å². The number of rotatable bonds is 4. The first-order valence-corrected chi connectivity index (χ1v) is 5.13. The van der Waals surface area contributed by atoms with Crippen molar-refractivity contribution in [1.82, 2.24) is 14.8 Å². The summed E-state index contributed by atoms with van der Waals surface area (Å²) in [5.41, 5.74) is 0. The number of hydrogen-bond donors (Lipinski definition) is 1.